The monoisotopic (exact) mass is 194 g/mol. The number of hydrogen-bond donors (Lipinski definition) is 2. The van der Waals surface area contributed by atoms with Gasteiger partial charge in [-0.1, -0.05) is 0 Å². The maximum Gasteiger partial charge on any atom is 0.226 e. The molecule has 0 bridgehead atoms. The van der Waals surface area contributed by atoms with Crippen LogP contribution in [0.15, 0.2) is 12.3 Å². The molecular formula is C9H14N4O. The van der Waals surface area contributed by atoms with Crippen molar-refractivity contribution in [3.05, 3.63) is 12.3 Å². The molecule has 5 nitrogen and oxygen atoms in total. The fourth-order valence-electron chi connectivity index (χ4n) is 1.28. The molecule has 1 aliphatic rings. The fourth-order valence-corrected chi connectivity index (χ4v) is 1.28. The molecule has 0 radical (unpaired) electrons. The van der Waals surface area contributed by atoms with Crippen LogP contribution in [0, 0.1) is 0 Å². The molecule has 0 saturated heterocycles. The molecule has 2 rings (SSSR count). The van der Waals surface area contributed by atoms with Gasteiger partial charge in [-0.3, -0.25) is 0 Å². The van der Waals surface area contributed by atoms with Crippen LogP contribution >= 0.6 is 0 Å². The number of nitrogens with two attached hydrogens (primary N) is 1. The van der Waals surface area contributed by atoms with Crippen LogP contribution in [0.5, 0.6) is 5.88 Å². The van der Waals surface area contributed by atoms with Crippen molar-refractivity contribution in [2.24, 2.45) is 5.73 Å². The van der Waals surface area contributed by atoms with E-state index in [0.717, 1.165) is 12.8 Å². The molecule has 1 fully saturated rings. The summed E-state index contributed by atoms with van der Waals surface area (Å²) in [6, 6.07) is 1.72. The van der Waals surface area contributed by atoms with Gasteiger partial charge in [-0.25, -0.2) is 4.98 Å². The van der Waals surface area contributed by atoms with Crippen LogP contribution in [0.2, 0.25) is 0 Å². The molecular weight excluding hydrogens is 180 g/mol. The first-order valence-corrected chi connectivity index (χ1v) is 4.63. The molecule has 0 unspecified atom stereocenters. The van der Waals surface area contributed by atoms with Crippen LogP contribution in [-0.2, 0) is 0 Å². The predicted octanol–water partition coefficient (Wildman–Crippen LogP) is 0.388. The first-order chi connectivity index (χ1) is 6.78. The standard InChI is InChI=1S/C9H14N4O/c1-14-7-2-5-11-8(12-7)13-9(6-10)3-4-9/h2,5H,3-4,6,10H2,1H3,(H,11,12,13). The Morgan fingerprint density at radius 3 is 3.00 bits per heavy atom. The molecule has 1 saturated carbocycles. The minimum atomic E-state index is 0.0341. The third-order valence-corrected chi connectivity index (χ3v) is 2.46. The van der Waals surface area contributed by atoms with E-state index in [1.54, 1.807) is 19.4 Å². The van der Waals surface area contributed by atoms with Crippen LogP contribution in [0.25, 0.3) is 0 Å². The van der Waals surface area contributed by atoms with E-state index in [2.05, 4.69) is 15.3 Å². The molecule has 0 amide bonds. The normalized spacial score (nSPS) is 17.6. The second-order valence-corrected chi connectivity index (χ2v) is 3.53. The van der Waals surface area contributed by atoms with Gasteiger partial charge in [-0.2, -0.15) is 4.98 Å². The molecule has 1 aromatic rings. The predicted molar refractivity (Wildman–Crippen MR) is 53.2 cm³/mol. The molecule has 1 aromatic heterocycles. The summed E-state index contributed by atoms with van der Waals surface area (Å²) in [5.74, 6) is 1.16. The van der Waals surface area contributed by atoms with Crippen LogP contribution in [0.4, 0.5) is 5.95 Å². The zero-order chi connectivity index (χ0) is 10.0. The van der Waals surface area contributed by atoms with Crippen LogP contribution in [0.3, 0.4) is 0 Å². The average molecular weight is 194 g/mol. The van der Waals surface area contributed by atoms with E-state index >= 15 is 0 Å². The summed E-state index contributed by atoms with van der Waals surface area (Å²) in [6.07, 6.45) is 3.84. The van der Waals surface area contributed by atoms with Crippen molar-refractivity contribution >= 4 is 5.95 Å². The van der Waals surface area contributed by atoms with Crippen molar-refractivity contribution in [1.82, 2.24) is 9.97 Å². The number of anilines is 1. The van der Waals surface area contributed by atoms with E-state index in [0.29, 0.717) is 18.4 Å². The molecule has 0 aromatic carbocycles. The zero-order valence-electron chi connectivity index (χ0n) is 8.16. The lowest BCUT2D eigenvalue weighted by atomic mass is 10.3. The SMILES string of the molecule is COc1ccnc(NC2(CN)CC2)n1. The average Bonchev–Trinajstić information content (AvgIpc) is 2.99. The topological polar surface area (TPSA) is 73.1 Å². The van der Waals surface area contributed by atoms with Gasteiger partial charge in [0, 0.05) is 18.8 Å². The third-order valence-electron chi connectivity index (χ3n) is 2.46. The van der Waals surface area contributed by atoms with Crippen LogP contribution in [-0.4, -0.2) is 29.2 Å². The van der Waals surface area contributed by atoms with Crippen LogP contribution in [0.1, 0.15) is 12.8 Å². The Morgan fingerprint density at radius 1 is 1.64 bits per heavy atom. The highest BCUT2D eigenvalue weighted by molar-refractivity contribution is 5.35. The van der Waals surface area contributed by atoms with Gasteiger partial charge >= 0.3 is 0 Å². The Kier molecular flexibility index (Phi) is 2.25. The minimum absolute atomic E-state index is 0.0341. The highest BCUT2D eigenvalue weighted by Gasteiger charge is 2.41. The lowest BCUT2D eigenvalue weighted by Crippen LogP contribution is -2.31. The lowest BCUT2D eigenvalue weighted by Gasteiger charge is -2.14. The highest BCUT2D eigenvalue weighted by Crippen LogP contribution is 2.36. The number of nitrogens with one attached hydrogen (secondary N) is 1. The van der Waals surface area contributed by atoms with E-state index in [-0.39, 0.29) is 5.54 Å². The van der Waals surface area contributed by atoms with Crippen molar-refractivity contribution in [2.45, 2.75) is 18.4 Å². The Morgan fingerprint density at radius 2 is 2.43 bits per heavy atom. The second-order valence-electron chi connectivity index (χ2n) is 3.53. The van der Waals surface area contributed by atoms with Gasteiger partial charge in [0.25, 0.3) is 0 Å². The summed E-state index contributed by atoms with van der Waals surface area (Å²) in [6.45, 7) is 0.619. The Labute approximate surface area is 82.7 Å². The zero-order valence-corrected chi connectivity index (χ0v) is 8.16. The summed E-state index contributed by atoms with van der Waals surface area (Å²) in [5, 5.41) is 3.23. The molecule has 0 atom stereocenters. The van der Waals surface area contributed by atoms with Crippen LogP contribution < -0.4 is 15.8 Å². The molecule has 0 aliphatic heterocycles. The first-order valence-electron chi connectivity index (χ1n) is 4.63. The highest BCUT2D eigenvalue weighted by atomic mass is 16.5. The van der Waals surface area contributed by atoms with Gasteiger partial charge in [0.15, 0.2) is 0 Å². The molecule has 14 heavy (non-hydrogen) atoms. The number of ether oxygens (including phenoxy) is 1. The summed E-state index contributed by atoms with van der Waals surface area (Å²) >= 11 is 0. The second kappa shape index (κ2) is 3.42. The molecule has 5 heteroatoms. The molecule has 1 heterocycles. The quantitative estimate of drug-likeness (QED) is 0.725. The van der Waals surface area contributed by atoms with E-state index in [1.807, 2.05) is 0 Å². The Bertz CT molecular complexity index is 324. The molecule has 76 valence electrons. The number of methoxy groups -OCH3 is 1. The molecule has 0 spiro atoms. The van der Waals surface area contributed by atoms with Gasteiger partial charge in [0.05, 0.1) is 12.6 Å². The lowest BCUT2D eigenvalue weighted by molar-refractivity contribution is 0.397. The van der Waals surface area contributed by atoms with Crippen molar-refractivity contribution in [3.8, 4) is 5.88 Å². The number of aromatic nitrogens is 2. The van der Waals surface area contributed by atoms with E-state index in [1.165, 1.54) is 0 Å². The van der Waals surface area contributed by atoms with Crippen molar-refractivity contribution in [3.63, 3.8) is 0 Å². The smallest absolute Gasteiger partial charge is 0.226 e. The number of nitrogens with zero attached hydrogens (tertiary/aromatic N) is 2. The van der Waals surface area contributed by atoms with E-state index < -0.39 is 0 Å². The number of hydrogen-bond acceptors (Lipinski definition) is 5. The summed E-state index contributed by atoms with van der Waals surface area (Å²) in [5.41, 5.74) is 5.67. The largest absolute Gasteiger partial charge is 0.481 e. The summed E-state index contributed by atoms with van der Waals surface area (Å²) in [7, 11) is 1.59. The maximum absolute atomic E-state index is 5.64. The maximum atomic E-state index is 5.64. The summed E-state index contributed by atoms with van der Waals surface area (Å²) < 4.78 is 5.00. The van der Waals surface area contributed by atoms with Gasteiger partial charge in [0.1, 0.15) is 0 Å². The van der Waals surface area contributed by atoms with Gasteiger partial charge in [-0.15, -0.1) is 0 Å². The third kappa shape index (κ3) is 1.77. The van der Waals surface area contributed by atoms with E-state index in [4.69, 9.17) is 10.5 Å². The minimum Gasteiger partial charge on any atom is -0.481 e. The van der Waals surface area contributed by atoms with Crippen molar-refractivity contribution in [1.29, 1.82) is 0 Å². The molecule has 1 aliphatic carbocycles. The Balaban J connectivity index is 2.09. The fraction of sp³-hybridized carbons (Fsp3) is 0.556. The molecule has 3 N–H and O–H groups in total. The van der Waals surface area contributed by atoms with E-state index in [9.17, 15) is 0 Å². The first kappa shape index (κ1) is 9.21. The Hall–Kier alpha value is -1.36. The number of rotatable bonds is 4. The van der Waals surface area contributed by atoms with Crippen molar-refractivity contribution in [2.75, 3.05) is 19.0 Å². The van der Waals surface area contributed by atoms with Gasteiger partial charge in [0.2, 0.25) is 11.8 Å². The van der Waals surface area contributed by atoms with Gasteiger partial charge in [-0.05, 0) is 12.8 Å². The van der Waals surface area contributed by atoms with Gasteiger partial charge < -0.3 is 15.8 Å². The van der Waals surface area contributed by atoms with Crippen molar-refractivity contribution < 1.29 is 4.74 Å². The summed E-state index contributed by atoms with van der Waals surface area (Å²) in [4.78, 5) is 8.27.